The van der Waals surface area contributed by atoms with Crippen molar-refractivity contribution >= 4 is 15.9 Å². The van der Waals surface area contributed by atoms with Gasteiger partial charge in [0.25, 0.3) is 0 Å². The van der Waals surface area contributed by atoms with Crippen LogP contribution in [0.5, 0.6) is 5.75 Å². The molecule has 21 heavy (non-hydrogen) atoms. The summed E-state index contributed by atoms with van der Waals surface area (Å²) < 4.78 is 6.54. The Balaban J connectivity index is 1.96. The van der Waals surface area contributed by atoms with Gasteiger partial charge >= 0.3 is 0 Å². The molecule has 2 rings (SSSR count). The van der Waals surface area contributed by atoms with Gasteiger partial charge in [-0.2, -0.15) is 0 Å². The maximum absolute atomic E-state index is 5.43. The first-order valence-corrected chi connectivity index (χ1v) is 8.08. The Morgan fingerprint density at radius 2 is 1.90 bits per heavy atom. The standard InChI is InChI=1S/C18H22BrNO/c1-20-17(14-7-4-3-5-8-14)10-6-9-15-13-16(19)11-12-18(15)21-2/h3-5,7-8,11-13,17,20H,6,9-10H2,1-2H3. The number of halogens is 1. The zero-order valence-corrected chi connectivity index (χ0v) is 14.2. The van der Waals surface area contributed by atoms with E-state index in [4.69, 9.17) is 4.74 Å². The van der Waals surface area contributed by atoms with E-state index >= 15 is 0 Å². The third-order valence-corrected chi connectivity index (χ3v) is 4.23. The van der Waals surface area contributed by atoms with Crippen molar-refractivity contribution in [2.75, 3.05) is 14.2 Å². The van der Waals surface area contributed by atoms with Crippen LogP contribution in [-0.4, -0.2) is 14.2 Å². The van der Waals surface area contributed by atoms with Crippen molar-refractivity contribution in [3.8, 4) is 5.75 Å². The normalized spacial score (nSPS) is 12.1. The summed E-state index contributed by atoms with van der Waals surface area (Å²) in [5.74, 6) is 0.971. The highest BCUT2D eigenvalue weighted by Gasteiger charge is 2.09. The van der Waals surface area contributed by atoms with Gasteiger partial charge in [0.2, 0.25) is 0 Å². The summed E-state index contributed by atoms with van der Waals surface area (Å²) in [4.78, 5) is 0. The maximum atomic E-state index is 5.43. The number of ether oxygens (including phenoxy) is 1. The molecule has 2 nitrogen and oxygen atoms in total. The van der Waals surface area contributed by atoms with E-state index in [0.717, 1.165) is 29.5 Å². The fourth-order valence-electron chi connectivity index (χ4n) is 2.60. The van der Waals surface area contributed by atoms with Crippen LogP contribution < -0.4 is 10.1 Å². The first-order chi connectivity index (χ1) is 10.2. The van der Waals surface area contributed by atoms with Gasteiger partial charge in [0.1, 0.15) is 5.75 Å². The molecule has 112 valence electrons. The predicted octanol–water partition coefficient (Wildman–Crippen LogP) is 4.74. The minimum absolute atomic E-state index is 0.407. The molecular weight excluding hydrogens is 326 g/mol. The molecule has 3 heteroatoms. The van der Waals surface area contributed by atoms with E-state index < -0.39 is 0 Å². The van der Waals surface area contributed by atoms with Crippen LogP contribution in [0.3, 0.4) is 0 Å². The Morgan fingerprint density at radius 3 is 2.57 bits per heavy atom. The van der Waals surface area contributed by atoms with Crippen LogP contribution in [0.15, 0.2) is 53.0 Å². The molecule has 1 N–H and O–H groups in total. The summed E-state index contributed by atoms with van der Waals surface area (Å²) in [7, 11) is 3.75. The van der Waals surface area contributed by atoms with E-state index in [1.165, 1.54) is 11.1 Å². The van der Waals surface area contributed by atoms with Crippen LogP contribution in [0.2, 0.25) is 0 Å². The van der Waals surface area contributed by atoms with E-state index in [0.29, 0.717) is 6.04 Å². The van der Waals surface area contributed by atoms with Gasteiger partial charge in [0.15, 0.2) is 0 Å². The molecular formula is C18H22BrNO. The molecule has 0 amide bonds. The van der Waals surface area contributed by atoms with Crippen LogP contribution >= 0.6 is 15.9 Å². The molecule has 0 bridgehead atoms. The number of hydrogen-bond donors (Lipinski definition) is 1. The topological polar surface area (TPSA) is 21.3 Å². The number of rotatable bonds is 7. The lowest BCUT2D eigenvalue weighted by Crippen LogP contribution is -2.16. The molecule has 2 aromatic rings. The van der Waals surface area contributed by atoms with Gasteiger partial charge in [-0.1, -0.05) is 46.3 Å². The summed E-state index contributed by atoms with van der Waals surface area (Å²) in [6.45, 7) is 0. The molecule has 0 aliphatic carbocycles. The second-order valence-electron chi connectivity index (χ2n) is 5.10. The molecule has 0 aliphatic rings. The van der Waals surface area contributed by atoms with Crippen LogP contribution in [0.1, 0.15) is 30.0 Å². The van der Waals surface area contributed by atoms with Crippen molar-refractivity contribution in [2.24, 2.45) is 0 Å². The second-order valence-corrected chi connectivity index (χ2v) is 6.02. The smallest absolute Gasteiger partial charge is 0.122 e. The highest BCUT2D eigenvalue weighted by Crippen LogP contribution is 2.26. The van der Waals surface area contributed by atoms with Gasteiger partial charge in [0, 0.05) is 10.5 Å². The van der Waals surface area contributed by atoms with Crippen LogP contribution in [0.4, 0.5) is 0 Å². The molecule has 1 unspecified atom stereocenters. The molecule has 0 aliphatic heterocycles. The summed E-state index contributed by atoms with van der Waals surface area (Å²) in [6.07, 6.45) is 3.25. The van der Waals surface area contributed by atoms with Crippen molar-refractivity contribution in [3.05, 3.63) is 64.1 Å². The van der Waals surface area contributed by atoms with Gasteiger partial charge < -0.3 is 10.1 Å². The highest BCUT2D eigenvalue weighted by atomic mass is 79.9. The molecule has 0 aromatic heterocycles. The molecule has 1 atom stereocenters. The van der Waals surface area contributed by atoms with E-state index in [1.54, 1.807) is 7.11 Å². The SMILES string of the molecule is CNC(CCCc1cc(Br)ccc1OC)c1ccccc1. The maximum Gasteiger partial charge on any atom is 0.122 e. The molecule has 0 saturated heterocycles. The minimum atomic E-state index is 0.407. The highest BCUT2D eigenvalue weighted by molar-refractivity contribution is 9.10. The Hall–Kier alpha value is -1.32. The summed E-state index contributed by atoms with van der Waals surface area (Å²) >= 11 is 3.53. The van der Waals surface area contributed by atoms with Gasteiger partial charge in [-0.25, -0.2) is 0 Å². The first kappa shape index (κ1) is 16.1. The monoisotopic (exact) mass is 347 g/mol. The summed E-state index contributed by atoms with van der Waals surface area (Å²) in [6, 6.07) is 17.2. The Bertz CT molecular complexity index is 556. The summed E-state index contributed by atoms with van der Waals surface area (Å²) in [5, 5.41) is 3.40. The van der Waals surface area contributed by atoms with Crippen LogP contribution in [0, 0.1) is 0 Å². The third-order valence-electron chi connectivity index (χ3n) is 3.73. The number of benzene rings is 2. The van der Waals surface area contributed by atoms with E-state index in [-0.39, 0.29) is 0 Å². The zero-order chi connectivity index (χ0) is 15.1. The molecule has 0 saturated carbocycles. The molecule has 0 fully saturated rings. The Labute approximate surface area is 135 Å². The van der Waals surface area contributed by atoms with E-state index in [2.05, 4.69) is 57.6 Å². The predicted molar refractivity (Wildman–Crippen MR) is 91.9 cm³/mol. The second kappa shape index (κ2) is 8.20. The average Bonchev–Trinajstić information content (AvgIpc) is 2.52. The average molecular weight is 348 g/mol. The van der Waals surface area contributed by atoms with Gasteiger partial charge in [-0.3, -0.25) is 0 Å². The van der Waals surface area contributed by atoms with Crippen molar-refractivity contribution in [2.45, 2.75) is 25.3 Å². The van der Waals surface area contributed by atoms with Crippen LogP contribution in [-0.2, 0) is 6.42 Å². The third kappa shape index (κ3) is 4.58. The fourth-order valence-corrected chi connectivity index (χ4v) is 3.01. The zero-order valence-electron chi connectivity index (χ0n) is 12.6. The lowest BCUT2D eigenvalue weighted by Gasteiger charge is -2.17. The van der Waals surface area contributed by atoms with Crippen molar-refractivity contribution in [1.82, 2.24) is 5.32 Å². The number of hydrogen-bond acceptors (Lipinski definition) is 2. The Kier molecular flexibility index (Phi) is 6.27. The van der Waals surface area contributed by atoms with Crippen molar-refractivity contribution in [3.63, 3.8) is 0 Å². The number of nitrogens with one attached hydrogen (secondary N) is 1. The number of methoxy groups -OCH3 is 1. The van der Waals surface area contributed by atoms with Gasteiger partial charge in [-0.15, -0.1) is 0 Å². The van der Waals surface area contributed by atoms with Crippen molar-refractivity contribution in [1.29, 1.82) is 0 Å². The van der Waals surface area contributed by atoms with Crippen molar-refractivity contribution < 1.29 is 4.74 Å². The van der Waals surface area contributed by atoms with E-state index in [1.807, 2.05) is 19.2 Å². The minimum Gasteiger partial charge on any atom is -0.496 e. The first-order valence-electron chi connectivity index (χ1n) is 7.29. The number of aryl methyl sites for hydroxylation is 1. The van der Waals surface area contributed by atoms with E-state index in [9.17, 15) is 0 Å². The molecule has 2 aromatic carbocycles. The lowest BCUT2D eigenvalue weighted by molar-refractivity contribution is 0.408. The largest absolute Gasteiger partial charge is 0.496 e. The van der Waals surface area contributed by atoms with Gasteiger partial charge in [-0.05, 0) is 55.6 Å². The summed E-state index contributed by atoms with van der Waals surface area (Å²) in [5.41, 5.74) is 2.61. The fraction of sp³-hybridized carbons (Fsp3) is 0.333. The Morgan fingerprint density at radius 1 is 1.14 bits per heavy atom. The molecule has 0 spiro atoms. The van der Waals surface area contributed by atoms with Gasteiger partial charge in [0.05, 0.1) is 7.11 Å². The van der Waals surface area contributed by atoms with Crippen LogP contribution in [0.25, 0.3) is 0 Å². The quantitative estimate of drug-likeness (QED) is 0.780. The lowest BCUT2D eigenvalue weighted by atomic mass is 9.99. The molecule has 0 heterocycles. The molecule has 0 radical (unpaired) electrons.